The molecular formula is C39H50O9. The van der Waals surface area contributed by atoms with Crippen molar-refractivity contribution in [1.82, 2.24) is 0 Å². The van der Waals surface area contributed by atoms with Crippen LogP contribution >= 0.6 is 0 Å². The van der Waals surface area contributed by atoms with Gasteiger partial charge in [-0.2, -0.15) is 0 Å². The Morgan fingerprint density at radius 1 is 0.792 bits per heavy atom. The van der Waals surface area contributed by atoms with Crippen molar-refractivity contribution < 1.29 is 42.6 Å². The zero-order chi connectivity index (χ0) is 34.4. The maximum absolute atomic E-state index is 6.62. The fraction of sp³-hybridized carbons (Fsp3) is 0.436. The third kappa shape index (κ3) is 11.7. The van der Waals surface area contributed by atoms with Crippen LogP contribution in [-0.2, 0) is 48.2 Å². The molecular weight excluding hydrogens is 612 g/mol. The molecule has 0 spiro atoms. The lowest BCUT2D eigenvalue weighted by Gasteiger charge is -2.33. The quantitative estimate of drug-likeness (QED) is 0.0855. The van der Waals surface area contributed by atoms with E-state index in [0.717, 1.165) is 33.9 Å². The summed E-state index contributed by atoms with van der Waals surface area (Å²) in [7, 11) is 4.93. The highest BCUT2D eigenvalue weighted by atomic mass is 16.7. The predicted molar refractivity (Wildman–Crippen MR) is 184 cm³/mol. The molecule has 260 valence electrons. The molecule has 0 aromatic heterocycles. The zero-order valence-corrected chi connectivity index (χ0v) is 28.9. The number of hydrogen-bond donors (Lipinski definition) is 0. The third-order valence-electron chi connectivity index (χ3n) is 7.97. The Morgan fingerprint density at radius 3 is 1.75 bits per heavy atom. The van der Waals surface area contributed by atoms with Gasteiger partial charge in [-0.1, -0.05) is 49.1 Å². The smallest absolute Gasteiger partial charge is 0.163 e. The molecule has 0 bridgehead atoms. The van der Waals surface area contributed by atoms with Crippen LogP contribution in [-0.4, -0.2) is 64.7 Å². The summed E-state index contributed by atoms with van der Waals surface area (Å²) in [5.41, 5.74) is 2.95. The zero-order valence-electron chi connectivity index (χ0n) is 28.9. The number of benzene rings is 3. The summed E-state index contributed by atoms with van der Waals surface area (Å²) in [6.07, 6.45) is 1.27. The third-order valence-corrected chi connectivity index (χ3v) is 7.97. The van der Waals surface area contributed by atoms with Crippen LogP contribution in [0.15, 0.2) is 97.8 Å². The fourth-order valence-electron chi connectivity index (χ4n) is 5.25. The minimum Gasteiger partial charge on any atom is -0.497 e. The Bertz CT molecular complexity index is 1390. The first-order valence-electron chi connectivity index (χ1n) is 16.2. The number of allylic oxidation sites excluding steroid dienone is 1. The van der Waals surface area contributed by atoms with Gasteiger partial charge in [-0.15, -0.1) is 6.58 Å². The first-order chi connectivity index (χ1) is 23.2. The normalized spacial score (nSPS) is 17.2. The number of methoxy groups -OCH3 is 3. The number of rotatable bonds is 21. The molecule has 1 heterocycles. The van der Waals surface area contributed by atoms with E-state index >= 15 is 0 Å². The van der Waals surface area contributed by atoms with E-state index < -0.39 is 24.1 Å². The van der Waals surface area contributed by atoms with E-state index in [1.807, 2.05) is 86.6 Å². The summed E-state index contributed by atoms with van der Waals surface area (Å²) in [6, 6.07) is 23.3. The number of hydrogen-bond acceptors (Lipinski definition) is 9. The monoisotopic (exact) mass is 662 g/mol. The molecule has 0 aliphatic carbocycles. The Morgan fingerprint density at radius 2 is 1.29 bits per heavy atom. The highest BCUT2D eigenvalue weighted by Gasteiger charge is 2.34. The summed E-state index contributed by atoms with van der Waals surface area (Å²) in [5.74, 6) is 2.33. The molecule has 1 aliphatic rings. The van der Waals surface area contributed by atoms with Gasteiger partial charge in [-0.05, 0) is 73.4 Å². The summed E-state index contributed by atoms with van der Waals surface area (Å²) < 4.78 is 53.6. The van der Waals surface area contributed by atoms with Crippen molar-refractivity contribution in [2.24, 2.45) is 0 Å². The second-order valence-electron chi connectivity index (χ2n) is 12.0. The van der Waals surface area contributed by atoms with Gasteiger partial charge in [0.15, 0.2) is 11.9 Å². The van der Waals surface area contributed by atoms with Crippen LogP contribution in [0.5, 0.6) is 17.2 Å². The molecule has 9 heteroatoms. The van der Waals surface area contributed by atoms with Crippen molar-refractivity contribution in [3.05, 3.63) is 114 Å². The Balaban J connectivity index is 1.52. The summed E-state index contributed by atoms with van der Waals surface area (Å²) in [4.78, 5) is 0. The van der Waals surface area contributed by atoms with E-state index in [4.69, 9.17) is 42.6 Å². The summed E-state index contributed by atoms with van der Waals surface area (Å²) in [6.45, 7) is 13.9. The van der Waals surface area contributed by atoms with Crippen LogP contribution in [0.2, 0.25) is 0 Å². The molecule has 1 fully saturated rings. The van der Waals surface area contributed by atoms with E-state index in [-0.39, 0.29) is 12.7 Å². The molecule has 4 rings (SSSR count). The molecule has 4 atom stereocenters. The predicted octanol–water partition coefficient (Wildman–Crippen LogP) is 7.42. The molecule has 3 aromatic rings. The molecule has 1 aliphatic heterocycles. The van der Waals surface area contributed by atoms with Crippen LogP contribution in [0.1, 0.15) is 43.4 Å². The average Bonchev–Trinajstić information content (AvgIpc) is 3.47. The molecule has 48 heavy (non-hydrogen) atoms. The van der Waals surface area contributed by atoms with Crippen LogP contribution in [0.3, 0.4) is 0 Å². The van der Waals surface area contributed by atoms with E-state index in [1.54, 1.807) is 27.4 Å². The van der Waals surface area contributed by atoms with Gasteiger partial charge in [-0.25, -0.2) is 0 Å². The average molecular weight is 663 g/mol. The molecule has 0 N–H and O–H groups in total. The Hall–Kier alpha value is -3.86. The second-order valence-corrected chi connectivity index (χ2v) is 12.0. The van der Waals surface area contributed by atoms with Crippen molar-refractivity contribution in [3.63, 3.8) is 0 Å². The van der Waals surface area contributed by atoms with Crippen molar-refractivity contribution in [3.8, 4) is 17.2 Å². The molecule has 0 radical (unpaired) electrons. The maximum Gasteiger partial charge on any atom is 0.163 e. The summed E-state index contributed by atoms with van der Waals surface area (Å²) >= 11 is 0. The Kier molecular flexibility index (Phi) is 14.3. The lowest BCUT2D eigenvalue weighted by Crippen LogP contribution is -2.44. The van der Waals surface area contributed by atoms with Crippen molar-refractivity contribution in [2.45, 2.75) is 76.7 Å². The highest BCUT2D eigenvalue weighted by molar-refractivity contribution is 5.28. The SMILES string of the molecule is C=C[C@@H](OCc1ccc(OC)cc1)[C@@H](OCc1ccc(OC)cc1)[C@@H](COCc1ccc(OC)cc1)OC(=C)CC[C@H]1COC(C)(C)O1. The lowest BCUT2D eigenvalue weighted by molar-refractivity contribution is -0.144. The van der Waals surface area contributed by atoms with E-state index in [1.165, 1.54) is 0 Å². The molecule has 9 nitrogen and oxygen atoms in total. The maximum atomic E-state index is 6.62. The minimum atomic E-state index is -0.597. The first-order valence-corrected chi connectivity index (χ1v) is 16.2. The van der Waals surface area contributed by atoms with Crippen molar-refractivity contribution in [2.75, 3.05) is 34.5 Å². The van der Waals surface area contributed by atoms with Gasteiger partial charge in [0.2, 0.25) is 0 Å². The fourth-order valence-corrected chi connectivity index (χ4v) is 5.25. The van der Waals surface area contributed by atoms with Crippen molar-refractivity contribution >= 4 is 0 Å². The largest absolute Gasteiger partial charge is 0.497 e. The second kappa shape index (κ2) is 18.6. The van der Waals surface area contributed by atoms with Gasteiger partial charge in [0.1, 0.15) is 29.5 Å². The van der Waals surface area contributed by atoms with Crippen LogP contribution in [0.25, 0.3) is 0 Å². The van der Waals surface area contributed by atoms with Gasteiger partial charge < -0.3 is 42.6 Å². The molecule has 0 unspecified atom stereocenters. The van der Waals surface area contributed by atoms with Gasteiger partial charge in [0.25, 0.3) is 0 Å². The van der Waals surface area contributed by atoms with E-state index in [9.17, 15) is 0 Å². The van der Waals surface area contributed by atoms with Crippen molar-refractivity contribution in [1.29, 1.82) is 0 Å². The molecule has 0 amide bonds. The van der Waals surface area contributed by atoms with Gasteiger partial charge in [0.05, 0.1) is 66.2 Å². The Labute approximate surface area is 285 Å². The summed E-state index contributed by atoms with van der Waals surface area (Å²) in [5, 5.41) is 0. The molecule has 0 saturated carbocycles. The number of ether oxygens (including phenoxy) is 9. The van der Waals surface area contributed by atoms with Crippen LogP contribution in [0, 0.1) is 0 Å². The first kappa shape index (κ1) is 37.0. The lowest BCUT2D eigenvalue weighted by atomic mass is 10.1. The van der Waals surface area contributed by atoms with Gasteiger partial charge >= 0.3 is 0 Å². The molecule has 3 aromatic carbocycles. The van der Waals surface area contributed by atoms with Gasteiger partial charge in [0, 0.05) is 6.42 Å². The standard InChI is InChI=1S/C39H50O9/c1-8-36(44-24-30-12-19-33(41-6)20-13-30)38(45-25-31-14-21-34(42-7)22-15-31)37(27-43-23-29-10-17-32(40-5)18-11-29)47-28(2)9-16-35-26-46-39(3,4)48-35/h8,10-15,17-22,35-38H,1-2,9,16,23-27H2,3-7H3/t35-,36+,37+,38+/m0/s1. The highest BCUT2D eigenvalue weighted by Crippen LogP contribution is 2.27. The van der Waals surface area contributed by atoms with E-state index in [2.05, 4.69) is 13.2 Å². The minimum absolute atomic E-state index is 0.0407. The molecule has 1 saturated heterocycles. The van der Waals surface area contributed by atoms with Gasteiger partial charge in [-0.3, -0.25) is 0 Å². The van der Waals surface area contributed by atoms with E-state index in [0.29, 0.717) is 45.0 Å². The topological polar surface area (TPSA) is 83.1 Å². The van der Waals surface area contributed by atoms with Crippen LogP contribution < -0.4 is 14.2 Å². The van der Waals surface area contributed by atoms with Crippen LogP contribution in [0.4, 0.5) is 0 Å².